The zero-order valence-corrected chi connectivity index (χ0v) is 10.8. The molecule has 2 heterocycles. The Balaban J connectivity index is 1.89. The summed E-state index contributed by atoms with van der Waals surface area (Å²) >= 11 is 0. The number of fused-ring (bicyclic) bond motifs is 1. The average molecular weight is 254 g/mol. The SMILES string of the molecule is COc1ccc(Nc2cc3c(cn2)ncn3C)cc1. The third kappa shape index (κ3) is 2.22. The molecule has 0 radical (unpaired) electrons. The van der Waals surface area contributed by atoms with Crippen molar-refractivity contribution in [3.63, 3.8) is 0 Å². The van der Waals surface area contributed by atoms with Crippen molar-refractivity contribution in [3.8, 4) is 5.75 Å². The lowest BCUT2D eigenvalue weighted by atomic mass is 10.3. The van der Waals surface area contributed by atoms with Crippen molar-refractivity contribution in [1.82, 2.24) is 14.5 Å². The summed E-state index contributed by atoms with van der Waals surface area (Å²) in [5, 5.41) is 3.26. The smallest absolute Gasteiger partial charge is 0.132 e. The summed E-state index contributed by atoms with van der Waals surface area (Å²) < 4.78 is 7.10. The minimum atomic E-state index is 0.793. The number of anilines is 2. The van der Waals surface area contributed by atoms with Crippen molar-refractivity contribution < 1.29 is 4.74 Å². The molecule has 19 heavy (non-hydrogen) atoms. The first-order chi connectivity index (χ1) is 9.26. The van der Waals surface area contributed by atoms with Crippen LogP contribution in [-0.4, -0.2) is 21.6 Å². The molecular weight excluding hydrogens is 240 g/mol. The Morgan fingerprint density at radius 1 is 1.16 bits per heavy atom. The molecule has 0 saturated carbocycles. The second-order valence-corrected chi connectivity index (χ2v) is 4.27. The van der Waals surface area contributed by atoms with Crippen molar-refractivity contribution in [3.05, 3.63) is 42.9 Å². The van der Waals surface area contributed by atoms with E-state index < -0.39 is 0 Å². The van der Waals surface area contributed by atoms with Gasteiger partial charge in [0.25, 0.3) is 0 Å². The van der Waals surface area contributed by atoms with E-state index in [0.717, 1.165) is 28.3 Å². The molecule has 0 atom stereocenters. The summed E-state index contributed by atoms with van der Waals surface area (Å²) in [6.45, 7) is 0. The average Bonchev–Trinajstić information content (AvgIpc) is 2.81. The van der Waals surface area contributed by atoms with E-state index in [9.17, 15) is 0 Å². The quantitative estimate of drug-likeness (QED) is 0.780. The second kappa shape index (κ2) is 4.61. The number of methoxy groups -OCH3 is 1. The van der Waals surface area contributed by atoms with Gasteiger partial charge in [-0.15, -0.1) is 0 Å². The van der Waals surface area contributed by atoms with Crippen LogP contribution in [0.5, 0.6) is 5.75 Å². The highest BCUT2D eigenvalue weighted by Gasteiger charge is 2.03. The summed E-state index contributed by atoms with van der Waals surface area (Å²) in [6.07, 6.45) is 3.55. The fraction of sp³-hybridized carbons (Fsp3) is 0.143. The maximum absolute atomic E-state index is 5.13. The molecule has 1 aromatic carbocycles. The van der Waals surface area contributed by atoms with Crippen LogP contribution >= 0.6 is 0 Å². The number of aryl methyl sites for hydroxylation is 1. The second-order valence-electron chi connectivity index (χ2n) is 4.27. The van der Waals surface area contributed by atoms with Crippen molar-refractivity contribution in [1.29, 1.82) is 0 Å². The molecule has 0 aliphatic rings. The molecule has 0 saturated heterocycles. The van der Waals surface area contributed by atoms with E-state index in [0.29, 0.717) is 0 Å². The van der Waals surface area contributed by atoms with Crippen LogP contribution in [-0.2, 0) is 7.05 Å². The molecule has 3 aromatic rings. The zero-order chi connectivity index (χ0) is 13.2. The fourth-order valence-electron chi connectivity index (χ4n) is 1.92. The summed E-state index contributed by atoms with van der Waals surface area (Å²) in [6, 6.07) is 9.70. The number of rotatable bonds is 3. The summed E-state index contributed by atoms with van der Waals surface area (Å²) in [5.74, 6) is 1.63. The molecule has 5 heteroatoms. The zero-order valence-electron chi connectivity index (χ0n) is 10.8. The van der Waals surface area contributed by atoms with Gasteiger partial charge in [-0.2, -0.15) is 0 Å². The van der Waals surface area contributed by atoms with Gasteiger partial charge in [0, 0.05) is 18.8 Å². The summed E-state index contributed by atoms with van der Waals surface area (Å²) in [5.41, 5.74) is 2.91. The highest BCUT2D eigenvalue weighted by atomic mass is 16.5. The molecule has 0 amide bonds. The molecule has 0 spiro atoms. The Kier molecular flexibility index (Phi) is 2.79. The van der Waals surface area contributed by atoms with Crippen molar-refractivity contribution in [2.75, 3.05) is 12.4 Å². The maximum Gasteiger partial charge on any atom is 0.132 e. The Labute approximate surface area is 110 Å². The number of pyridine rings is 1. The van der Waals surface area contributed by atoms with E-state index in [4.69, 9.17) is 4.74 Å². The van der Waals surface area contributed by atoms with Crippen molar-refractivity contribution >= 4 is 22.5 Å². The number of ether oxygens (including phenoxy) is 1. The van der Waals surface area contributed by atoms with Gasteiger partial charge in [-0.3, -0.25) is 0 Å². The Morgan fingerprint density at radius 3 is 2.68 bits per heavy atom. The van der Waals surface area contributed by atoms with Gasteiger partial charge in [-0.25, -0.2) is 9.97 Å². The summed E-state index contributed by atoms with van der Waals surface area (Å²) in [7, 11) is 3.62. The van der Waals surface area contributed by atoms with Gasteiger partial charge in [0.1, 0.15) is 17.1 Å². The molecule has 0 unspecified atom stereocenters. The molecule has 0 aliphatic heterocycles. The van der Waals surface area contributed by atoms with Crippen LogP contribution in [0.3, 0.4) is 0 Å². The third-order valence-electron chi connectivity index (χ3n) is 2.97. The van der Waals surface area contributed by atoms with Gasteiger partial charge >= 0.3 is 0 Å². The van der Waals surface area contributed by atoms with Crippen LogP contribution in [0, 0.1) is 0 Å². The summed E-state index contributed by atoms with van der Waals surface area (Å²) in [4.78, 5) is 8.59. The predicted molar refractivity (Wildman–Crippen MR) is 74.8 cm³/mol. The molecule has 0 bridgehead atoms. The van der Waals surface area contributed by atoms with E-state index in [1.54, 1.807) is 19.6 Å². The van der Waals surface area contributed by atoms with Crippen LogP contribution in [0.15, 0.2) is 42.9 Å². The Hall–Kier alpha value is -2.56. The molecule has 3 rings (SSSR count). The monoisotopic (exact) mass is 254 g/mol. The minimum Gasteiger partial charge on any atom is -0.497 e. The lowest BCUT2D eigenvalue weighted by Gasteiger charge is -2.06. The van der Waals surface area contributed by atoms with Gasteiger partial charge in [-0.1, -0.05) is 0 Å². The topological polar surface area (TPSA) is 52.0 Å². The van der Waals surface area contributed by atoms with Gasteiger partial charge in [0.15, 0.2) is 0 Å². The lowest BCUT2D eigenvalue weighted by molar-refractivity contribution is 0.415. The van der Waals surface area contributed by atoms with Gasteiger partial charge < -0.3 is 14.6 Å². The normalized spacial score (nSPS) is 10.6. The van der Waals surface area contributed by atoms with E-state index >= 15 is 0 Å². The van der Waals surface area contributed by atoms with E-state index in [2.05, 4.69) is 15.3 Å². The molecule has 0 aliphatic carbocycles. The minimum absolute atomic E-state index is 0.793. The van der Waals surface area contributed by atoms with Gasteiger partial charge in [0.05, 0.1) is 25.2 Å². The molecule has 0 fully saturated rings. The largest absolute Gasteiger partial charge is 0.497 e. The fourth-order valence-corrected chi connectivity index (χ4v) is 1.92. The first kappa shape index (κ1) is 11.5. The Bertz CT molecular complexity index is 703. The van der Waals surface area contributed by atoms with Crippen LogP contribution < -0.4 is 10.1 Å². The molecule has 1 N–H and O–H groups in total. The molecule has 5 nitrogen and oxygen atoms in total. The van der Waals surface area contributed by atoms with E-state index in [1.807, 2.05) is 41.9 Å². The first-order valence-electron chi connectivity index (χ1n) is 5.94. The molecule has 96 valence electrons. The van der Waals surface area contributed by atoms with E-state index in [1.165, 1.54) is 0 Å². The van der Waals surface area contributed by atoms with Crippen LogP contribution in [0.1, 0.15) is 0 Å². The lowest BCUT2D eigenvalue weighted by Crippen LogP contribution is -1.94. The number of aromatic nitrogens is 3. The van der Waals surface area contributed by atoms with Crippen LogP contribution in [0.25, 0.3) is 11.0 Å². The number of benzene rings is 1. The molecular formula is C14H14N4O. The van der Waals surface area contributed by atoms with Gasteiger partial charge in [-0.05, 0) is 24.3 Å². The number of hydrogen-bond acceptors (Lipinski definition) is 4. The van der Waals surface area contributed by atoms with Crippen LogP contribution in [0.4, 0.5) is 11.5 Å². The maximum atomic E-state index is 5.13. The number of nitrogens with one attached hydrogen (secondary N) is 1. The standard InChI is InChI=1S/C14H14N4O/c1-18-9-16-12-8-15-14(7-13(12)18)17-10-3-5-11(19-2)6-4-10/h3-9H,1-2H3,(H,15,17). The number of imidazole rings is 1. The van der Waals surface area contributed by atoms with Crippen molar-refractivity contribution in [2.45, 2.75) is 0 Å². The highest BCUT2D eigenvalue weighted by Crippen LogP contribution is 2.21. The van der Waals surface area contributed by atoms with E-state index in [-0.39, 0.29) is 0 Å². The number of hydrogen-bond donors (Lipinski definition) is 1. The number of nitrogens with zero attached hydrogens (tertiary/aromatic N) is 3. The van der Waals surface area contributed by atoms with Crippen LogP contribution in [0.2, 0.25) is 0 Å². The highest BCUT2D eigenvalue weighted by molar-refractivity contribution is 5.78. The Morgan fingerprint density at radius 2 is 1.95 bits per heavy atom. The predicted octanol–water partition coefficient (Wildman–Crippen LogP) is 2.72. The third-order valence-corrected chi connectivity index (χ3v) is 2.97. The molecule has 2 aromatic heterocycles. The van der Waals surface area contributed by atoms with Gasteiger partial charge in [0.2, 0.25) is 0 Å². The van der Waals surface area contributed by atoms with Crippen molar-refractivity contribution in [2.24, 2.45) is 7.05 Å². The first-order valence-corrected chi connectivity index (χ1v) is 5.94.